The van der Waals surface area contributed by atoms with Crippen LogP contribution in [0.4, 0.5) is 4.39 Å². The van der Waals surface area contributed by atoms with Crippen LogP contribution >= 0.6 is 0 Å². The van der Waals surface area contributed by atoms with Crippen molar-refractivity contribution in [2.45, 2.75) is 24.3 Å². The number of nitrogens with one attached hydrogen (secondary N) is 1. The fourth-order valence-corrected chi connectivity index (χ4v) is 4.52. The Morgan fingerprint density at radius 1 is 1.48 bits per heavy atom. The van der Waals surface area contributed by atoms with E-state index in [0.29, 0.717) is 17.8 Å². The van der Waals surface area contributed by atoms with Gasteiger partial charge in [-0.15, -0.1) is 0 Å². The number of H-pyrrole nitrogens is 1. The Hall–Kier alpha value is -1.84. The number of methoxy groups -OCH3 is 1. The number of nitrogens with zero attached hydrogens (tertiary/aromatic N) is 3. The molecule has 1 aromatic carbocycles. The Morgan fingerprint density at radius 3 is 2.96 bits per heavy atom. The summed E-state index contributed by atoms with van der Waals surface area (Å²) in [4.78, 5) is 4.06. The van der Waals surface area contributed by atoms with E-state index < -0.39 is 21.9 Å². The molecule has 1 aromatic heterocycles. The second-order valence-electron chi connectivity index (χ2n) is 5.44. The van der Waals surface area contributed by atoms with E-state index >= 15 is 0 Å². The maximum Gasteiger partial charge on any atom is 0.219 e. The Kier molecular flexibility index (Phi) is 4.42. The minimum absolute atomic E-state index is 0.215. The van der Waals surface area contributed by atoms with Crippen LogP contribution in [0.25, 0.3) is 0 Å². The minimum atomic E-state index is -3.65. The quantitative estimate of drug-likeness (QED) is 0.884. The summed E-state index contributed by atoms with van der Waals surface area (Å²) in [7, 11) is -2.10. The van der Waals surface area contributed by atoms with Crippen molar-refractivity contribution < 1.29 is 17.5 Å². The Bertz CT molecular complexity index is 766. The zero-order valence-electron chi connectivity index (χ0n) is 12.5. The largest absolute Gasteiger partial charge is 0.380 e. The predicted octanol–water partition coefficient (Wildman–Crippen LogP) is 1.24. The van der Waals surface area contributed by atoms with Crippen molar-refractivity contribution in [3.05, 3.63) is 47.8 Å². The van der Waals surface area contributed by atoms with Gasteiger partial charge in [0.1, 0.15) is 18.0 Å². The lowest BCUT2D eigenvalue weighted by atomic mass is 10.2. The molecule has 0 aliphatic carbocycles. The molecule has 1 saturated heterocycles. The number of halogens is 1. The summed E-state index contributed by atoms with van der Waals surface area (Å²) >= 11 is 0. The van der Waals surface area contributed by atoms with Crippen LogP contribution in [0.2, 0.25) is 0 Å². The third-order valence-corrected chi connectivity index (χ3v) is 5.71. The zero-order chi connectivity index (χ0) is 16.4. The summed E-state index contributed by atoms with van der Waals surface area (Å²) in [6.07, 6.45) is 1.62. The number of rotatable bonds is 5. The van der Waals surface area contributed by atoms with Crippen LogP contribution in [0.3, 0.4) is 0 Å². The van der Waals surface area contributed by atoms with Gasteiger partial charge in [-0.05, 0) is 24.1 Å². The highest BCUT2D eigenvalue weighted by Gasteiger charge is 2.41. The van der Waals surface area contributed by atoms with E-state index in [1.807, 2.05) is 0 Å². The average Bonchev–Trinajstić information content (AvgIpc) is 3.16. The van der Waals surface area contributed by atoms with Crippen molar-refractivity contribution >= 4 is 10.0 Å². The fraction of sp³-hybridized carbons (Fsp3) is 0.429. The van der Waals surface area contributed by atoms with Crippen LogP contribution < -0.4 is 0 Å². The van der Waals surface area contributed by atoms with Crippen molar-refractivity contribution in [2.24, 2.45) is 0 Å². The summed E-state index contributed by atoms with van der Waals surface area (Å²) in [6.45, 7) is 0.236. The van der Waals surface area contributed by atoms with Crippen LogP contribution in [0, 0.1) is 5.82 Å². The van der Waals surface area contributed by atoms with Crippen molar-refractivity contribution in [3.63, 3.8) is 0 Å². The highest BCUT2D eigenvalue weighted by atomic mass is 32.2. The lowest BCUT2D eigenvalue weighted by molar-refractivity contribution is 0.114. The Morgan fingerprint density at radius 2 is 2.30 bits per heavy atom. The number of benzene rings is 1. The van der Waals surface area contributed by atoms with E-state index in [4.69, 9.17) is 4.74 Å². The second-order valence-corrected chi connectivity index (χ2v) is 7.36. The van der Waals surface area contributed by atoms with Gasteiger partial charge in [-0.1, -0.05) is 12.1 Å². The first-order chi connectivity index (χ1) is 11.0. The van der Waals surface area contributed by atoms with E-state index in [1.165, 1.54) is 28.8 Å². The minimum Gasteiger partial charge on any atom is -0.380 e. The fourth-order valence-electron chi connectivity index (χ4n) is 2.79. The van der Waals surface area contributed by atoms with Gasteiger partial charge in [-0.3, -0.25) is 5.10 Å². The van der Waals surface area contributed by atoms with Gasteiger partial charge in [-0.25, -0.2) is 17.8 Å². The lowest BCUT2D eigenvalue weighted by Crippen LogP contribution is -2.33. The third-order valence-electron chi connectivity index (χ3n) is 3.90. The summed E-state index contributed by atoms with van der Waals surface area (Å²) < 4.78 is 45.5. The summed E-state index contributed by atoms with van der Waals surface area (Å²) in [5, 5.41) is 6.50. The molecule has 2 aromatic rings. The van der Waals surface area contributed by atoms with Crippen LogP contribution in [0.1, 0.15) is 23.9 Å². The van der Waals surface area contributed by atoms with Gasteiger partial charge in [0, 0.05) is 13.7 Å². The molecule has 23 heavy (non-hydrogen) atoms. The van der Waals surface area contributed by atoms with Gasteiger partial charge in [-0.2, -0.15) is 9.40 Å². The molecule has 1 aliphatic rings. The Labute approximate surface area is 133 Å². The van der Waals surface area contributed by atoms with Crippen LogP contribution in [0.5, 0.6) is 0 Å². The van der Waals surface area contributed by atoms with Crippen molar-refractivity contribution in [3.8, 4) is 0 Å². The monoisotopic (exact) mass is 340 g/mol. The van der Waals surface area contributed by atoms with Crippen molar-refractivity contribution in [1.82, 2.24) is 19.5 Å². The summed E-state index contributed by atoms with van der Waals surface area (Å²) in [6, 6.07) is 5.14. The number of hydrogen-bond donors (Lipinski definition) is 1. The zero-order valence-corrected chi connectivity index (χ0v) is 13.3. The predicted molar refractivity (Wildman–Crippen MR) is 80.3 cm³/mol. The highest BCUT2D eigenvalue weighted by molar-refractivity contribution is 7.88. The molecule has 2 heterocycles. The van der Waals surface area contributed by atoms with Gasteiger partial charge in [0.15, 0.2) is 0 Å². The molecule has 1 fully saturated rings. The first-order valence-electron chi connectivity index (χ1n) is 7.11. The standard InChI is InChI=1S/C14H17FN4O3S/c1-22-12-6-13(14-16-9-17-18-14)19(7-12)23(20,21)8-10-3-2-4-11(15)5-10/h2-5,9,12-13H,6-8H2,1H3,(H,16,17,18)/t12-,13+/m1/s1. The maximum atomic E-state index is 13.3. The van der Waals surface area contributed by atoms with Gasteiger partial charge in [0.05, 0.1) is 17.9 Å². The van der Waals surface area contributed by atoms with Crippen LogP contribution in [-0.4, -0.2) is 47.7 Å². The molecule has 2 atom stereocenters. The Balaban J connectivity index is 1.87. The molecular formula is C14H17FN4O3S. The summed E-state index contributed by atoms with van der Waals surface area (Å²) in [5.74, 6) is -0.251. The van der Waals surface area contributed by atoms with Gasteiger partial charge in [0.25, 0.3) is 0 Å². The first-order valence-corrected chi connectivity index (χ1v) is 8.72. The van der Waals surface area contributed by atoms with Crippen LogP contribution in [0.15, 0.2) is 30.6 Å². The lowest BCUT2D eigenvalue weighted by Gasteiger charge is -2.22. The topological polar surface area (TPSA) is 88.2 Å². The maximum absolute atomic E-state index is 13.3. The molecule has 0 saturated carbocycles. The number of sulfonamides is 1. The van der Waals surface area contributed by atoms with Gasteiger partial charge in [0.2, 0.25) is 10.0 Å². The molecule has 0 unspecified atom stereocenters. The number of hydrogen-bond acceptors (Lipinski definition) is 5. The van der Waals surface area contributed by atoms with E-state index in [2.05, 4.69) is 15.2 Å². The molecular weight excluding hydrogens is 323 g/mol. The molecule has 124 valence electrons. The second kappa shape index (κ2) is 6.34. The summed E-state index contributed by atoms with van der Waals surface area (Å²) in [5.41, 5.74) is 0.405. The normalized spacial score (nSPS) is 22.5. The third kappa shape index (κ3) is 3.41. The average molecular weight is 340 g/mol. The van der Waals surface area contributed by atoms with Gasteiger partial charge < -0.3 is 4.74 Å². The molecule has 7 nitrogen and oxygen atoms in total. The number of aromatic amines is 1. The van der Waals surface area contributed by atoms with Crippen molar-refractivity contribution in [2.75, 3.05) is 13.7 Å². The van der Waals surface area contributed by atoms with Crippen LogP contribution in [-0.2, 0) is 20.5 Å². The molecule has 0 radical (unpaired) electrons. The van der Waals surface area contributed by atoms with E-state index in [1.54, 1.807) is 13.2 Å². The van der Waals surface area contributed by atoms with E-state index in [9.17, 15) is 12.8 Å². The molecule has 0 spiro atoms. The molecule has 9 heteroatoms. The molecule has 3 rings (SSSR count). The molecule has 0 amide bonds. The van der Waals surface area contributed by atoms with Crippen molar-refractivity contribution in [1.29, 1.82) is 0 Å². The molecule has 1 N–H and O–H groups in total. The molecule has 0 bridgehead atoms. The smallest absolute Gasteiger partial charge is 0.219 e. The van der Waals surface area contributed by atoms with E-state index in [0.717, 1.165) is 0 Å². The first kappa shape index (κ1) is 16.0. The number of ether oxygens (including phenoxy) is 1. The van der Waals surface area contributed by atoms with Gasteiger partial charge >= 0.3 is 0 Å². The SMILES string of the molecule is CO[C@@H]1C[C@@H](c2ncn[nH]2)N(S(=O)(=O)Cc2cccc(F)c2)C1. The highest BCUT2D eigenvalue weighted by Crippen LogP contribution is 2.34. The number of aromatic nitrogens is 3. The molecule has 1 aliphatic heterocycles. The van der Waals surface area contributed by atoms with E-state index in [-0.39, 0.29) is 18.4 Å².